The minimum Gasteiger partial charge on any atom is -0.480 e. The molecule has 0 saturated carbocycles. The summed E-state index contributed by atoms with van der Waals surface area (Å²) in [5, 5.41) is 11.6. The lowest BCUT2D eigenvalue weighted by Crippen LogP contribution is -2.15. The van der Waals surface area contributed by atoms with Crippen molar-refractivity contribution in [3.63, 3.8) is 0 Å². The molecule has 0 fully saturated rings. The van der Waals surface area contributed by atoms with Crippen molar-refractivity contribution in [1.29, 1.82) is 0 Å². The van der Waals surface area contributed by atoms with Gasteiger partial charge in [0.1, 0.15) is 0 Å². The maximum Gasteiger partial charge on any atom is 0.319 e. The van der Waals surface area contributed by atoms with Gasteiger partial charge in [0, 0.05) is 17.8 Å². The number of nitrogens with one attached hydrogen (secondary N) is 1. The minimum absolute atomic E-state index is 0.00578. The zero-order valence-corrected chi connectivity index (χ0v) is 11.3. The number of carboxylic acids is 1. The van der Waals surface area contributed by atoms with Crippen LogP contribution in [-0.4, -0.2) is 25.2 Å². The van der Waals surface area contributed by atoms with Gasteiger partial charge < -0.3 is 14.8 Å². The first-order valence-electron chi connectivity index (χ1n) is 5.77. The van der Waals surface area contributed by atoms with Crippen LogP contribution in [0.5, 0.6) is 0 Å². The molecule has 6 nitrogen and oxygen atoms in total. The van der Waals surface area contributed by atoms with Crippen LogP contribution in [0.25, 0.3) is 0 Å². The summed E-state index contributed by atoms with van der Waals surface area (Å²) < 4.78 is 28.3. The van der Waals surface area contributed by atoms with E-state index in [1.165, 1.54) is 12.1 Å². The molecule has 7 heteroatoms. The van der Waals surface area contributed by atoms with Crippen LogP contribution in [0, 0.1) is 0 Å². The van der Waals surface area contributed by atoms with Crippen LogP contribution in [0.2, 0.25) is 0 Å². The molecule has 0 unspecified atom stereocenters. The van der Waals surface area contributed by atoms with E-state index in [0.717, 1.165) is 11.3 Å². The second-order valence-corrected chi connectivity index (χ2v) is 6.15. The zero-order valence-electron chi connectivity index (χ0n) is 10.4. The summed E-state index contributed by atoms with van der Waals surface area (Å²) in [4.78, 5) is 10.5. The van der Waals surface area contributed by atoms with Gasteiger partial charge in [-0.1, -0.05) is 0 Å². The van der Waals surface area contributed by atoms with Crippen LogP contribution in [0.3, 0.4) is 0 Å². The first-order valence-corrected chi connectivity index (χ1v) is 7.42. The lowest BCUT2D eigenvalue weighted by Gasteiger charge is -2.06. The zero-order chi connectivity index (χ0) is 14.6. The highest BCUT2D eigenvalue weighted by Gasteiger charge is 2.18. The molecule has 0 aliphatic rings. The second kappa shape index (κ2) is 5.79. The SMILES string of the molecule is O=C(O)CS(=O)(=O)c1ccc(NCc2ccoc2)cc1. The average molecular weight is 295 g/mol. The molecule has 2 N–H and O–H groups in total. The van der Waals surface area contributed by atoms with Gasteiger partial charge in [-0.05, 0) is 30.3 Å². The molecule has 0 bridgehead atoms. The van der Waals surface area contributed by atoms with Crippen molar-refractivity contribution in [3.05, 3.63) is 48.4 Å². The van der Waals surface area contributed by atoms with E-state index >= 15 is 0 Å². The normalized spacial score (nSPS) is 11.2. The number of sulfone groups is 1. The number of carboxylic acid groups (broad SMARTS) is 1. The van der Waals surface area contributed by atoms with Crippen molar-refractivity contribution in [3.8, 4) is 0 Å². The van der Waals surface area contributed by atoms with Gasteiger partial charge in [-0.25, -0.2) is 8.42 Å². The molecule has 1 aromatic carbocycles. The van der Waals surface area contributed by atoms with Gasteiger partial charge in [-0.3, -0.25) is 4.79 Å². The van der Waals surface area contributed by atoms with E-state index < -0.39 is 21.6 Å². The quantitative estimate of drug-likeness (QED) is 0.842. The molecule has 0 aliphatic carbocycles. The molecule has 0 atom stereocenters. The highest BCUT2D eigenvalue weighted by atomic mass is 32.2. The van der Waals surface area contributed by atoms with Crippen LogP contribution in [0.4, 0.5) is 5.69 Å². The standard InChI is InChI=1S/C13H13NO5S/c15-13(16)9-20(17,18)12-3-1-11(2-4-12)14-7-10-5-6-19-8-10/h1-6,8,14H,7,9H2,(H,15,16). The number of carbonyl (C=O) groups is 1. The van der Waals surface area contributed by atoms with Gasteiger partial charge in [0.25, 0.3) is 0 Å². The Morgan fingerprint density at radius 2 is 1.90 bits per heavy atom. The predicted octanol–water partition coefficient (Wildman–Crippen LogP) is 1.75. The Labute approximate surface area is 116 Å². The third-order valence-corrected chi connectivity index (χ3v) is 4.22. The summed E-state index contributed by atoms with van der Waals surface area (Å²) in [7, 11) is -3.78. The summed E-state index contributed by atoms with van der Waals surface area (Å²) in [5.74, 6) is -2.28. The maximum atomic E-state index is 11.7. The van der Waals surface area contributed by atoms with Crippen LogP contribution < -0.4 is 5.32 Å². The fourth-order valence-corrected chi connectivity index (χ4v) is 2.67. The van der Waals surface area contributed by atoms with Crippen molar-refractivity contribution in [1.82, 2.24) is 0 Å². The van der Waals surface area contributed by atoms with Gasteiger partial charge in [-0.2, -0.15) is 0 Å². The van der Waals surface area contributed by atoms with E-state index in [-0.39, 0.29) is 4.90 Å². The molecule has 2 rings (SSSR count). The smallest absolute Gasteiger partial charge is 0.319 e. The topological polar surface area (TPSA) is 96.6 Å². The lowest BCUT2D eigenvalue weighted by atomic mass is 10.3. The second-order valence-electron chi connectivity index (χ2n) is 4.16. The Bertz CT molecular complexity index is 674. The number of hydrogen-bond donors (Lipinski definition) is 2. The fraction of sp³-hybridized carbons (Fsp3) is 0.154. The monoisotopic (exact) mass is 295 g/mol. The average Bonchev–Trinajstić information content (AvgIpc) is 2.88. The summed E-state index contributed by atoms with van der Waals surface area (Å²) >= 11 is 0. The third kappa shape index (κ3) is 3.61. The molecule has 0 amide bonds. The van der Waals surface area contributed by atoms with Crippen LogP contribution in [0.1, 0.15) is 5.56 Å². The van der Waals surface area contributed by atoms with Gasteiger partial charge >= 0.3 is 5.97 Å². The molecule has 0 radical (unpaired) electrons. The number of anilines is 1. The first kappa shape index (κ1) is 14.1. The molecule has 2 aromatic rings. The van der Waals surface area contributed by atoms with E-state index in [9.17, 15) is 13.2 Å². The minimum atomic E-state index is -3.78. The van der Waals surface area contributed by atoms with Crippen molar-refractivity contribution in [2.75, 3.05) is 11.1 Å². The van der Waals surface area contributed by atoms with Crippen LogP contribution >= 0.6 is 0 Å². The summed E-state index contributed by atoms with van der Waals surface area (Å²) in [5.41, 5.74) is 1.70. The Hall–Kier alpha value is -2.28. The van der Waals surface area contributed by atoms with Crippen molar-refractivity contribution < 1.29 is 22.7 Å². The van der Waals surface area contributed by atoms with Gasteiger partial charge in [0.2, 0.25) is 0 Å². The van der Waals surface area contributed by atoms with Crippen molar-refractivity contribution >= 4 is 21.5 Å². The molecular formula is C13H13NO5S. The largest absolute Gasteiger partial charge is 0.480 e. The highest BCUT2D eigenvalue weighted by molar-refractivity contribution is 7.92. The molecule has 20 heavy (non-hydrogen) atoms. The molecule has 0 saturated heterocycles. The molecule has 1 heterocycles. The Morgan fingerprint density at radius 1 is 1.20 bits per heavy atom. The Balaban J connectivity index is 2.04. The van der Waals surface area contributed by atoms with Crippen LogP contribution in [0.15, 0.2) is 52.2 Å². The molecule has 1 aromatic heterocycles. The molecular weight excluding hydrogens is 282 g/mol. The Kier molecular flexibility index (Phi) is 4.09. The molecule has 0 spiro atoms. The number of furan rings is 1. The molecule has 0 aliphatic heterocycles. The Morgan fingerprint density at radius 3 is 2.45 bits per heavy atom. The lowest BCUT2D eigenvalue weighted by molar-refractivity contribution is -0.134. The van der Waals surface area contributed by atoms with E-state index in [0.29, 0.717) is 6.54 Å². The first-order chi connectivity index (χ1) is 9.47. The third-order valence-electron chi connectivity index (χ3n) is 2.60. The van der Waals surface area contributed by atoms with E-state index in [1.54, 1.807) is 24.7 Å². The fourth-order valence-electron chi connectivity index (χ4n) is 1.62. The number of aliphatic carboxylic acids is 1. The summed E-state index contributed by atoms with van der Waals surface area (Å²) in [6, 6.07) is 7.77. The molecule has 106 valence electrons. The van der Waals surface area contributed by atoms with E-state index in [1.807, 2.05) is 6.07 Å². The number of hydrogen-bond acceptors (Lipinski definition) is 5. The van der Waals surface area contributed by atoms with Crippen LogP contribution in [-0.2, 0) is 21.2 Å². The highest BCUT2D eigenvalue weighted by Crippen LogP contribution is 2.16. The summed E-state index contributed by atoms with van der Waals surface area (Å²) in [6.07, 6.45) is 3.18. The van der Waals surface area contributed by atoms with Gasteiger partial charge in [-0.15, -0.1) is 0 Å². The van der Waals surface area contributed by atoms with Gasteiger partial charge in [0.15, 0.2) is 15.6 Å². The number of benzene rings is 1. The van der Waals surface area contributed by atoms with E-state index in [2.05, 4.69) is 5.32 Å². The van der Waals surface area contributed by atoms with Gasteiger partial charge in [0.05, 0.1) is 17.4 Å². The van der Waals surface area contributed by atoms with E-state index in [4.69, 9.17) is 9.52 Å². The van der Waals surface area contributed by atoms with Crippen molar-refractivity contribution in [2.24, 2.45) is 0 Å². The number of rotatable bonds is 6. The maximum absolute atomic E-state index is 11.7. The predicted molar refractivity (Wildman–Crippen MR) is 72.2 cm³/mol. The van der Waals surface area contributed by atoms with Crippen molar-refractivity contribution in [2.45, 2.75) is 11.4 Å². The summed E-state index contributed by atoms with van der Waals surface area (Å²) in [6.45, 7) is 0.553.